The van der Waals surface area contributed by atoms with E-state index >= 15 is 0 Å². The summed E-state index contributed by atoms with van der Waals surface area (Å²) in [7, 11) is 0. The van der Waals surface area contributed by atoms with Gasteiger partial charge in [0.05, 0.1) is 30.0 Å². The van der Waals surface area contributed by atoms with Gasteiger partial charge in [-0.2, -0.15) is 9.61 Å². The van der Waals surface area contributed by atoms with Crippen molar-refractivity contribution in [3.63, 3.8) is 0 Å². The molecule has 9 nitrogen and oxygen atoms in total. The number of piperidine rings is 1. The SMILES string of the molecule is C=CCCc1ccccc1Cc1cnc(-c2cc3nc(C)c([C@H](OC(C)(C)C)C(=O)OCC)c(N4CCC(C)(OCC=C)CC4)n3n2)s1. The number of carbonyl (C=O) groups excluding carboxylic acids is 1. The normalized spacial score (nSPS) is 15.4. The van der Waals surface area contributed by atoms with Crippen LogP contribution in [0.4, 0.5) is 5.82 Å². The number of anilines is 1. The van der Waals surface area contributed by atoms with Crippen molar-refractivity contribution in [2.75, 3.05) is 31.2 Å². The quantitative estimate of drug-likeness (QED) is 0.0989. The number of rotatable bonds is 14. The number of ether oxygens (including phenoxy) is 3. The van der Waals surface area contributed by atoms with Crippen molar-refractivity contribution < 1.29 is 19.0 Å². The number of aryl methyl sites for hydroxylation is 2. The lowest BCUT2D eigenvalue weighted by Gasteiger charge is -2.41. The molecule has 1 aliphatic rings. The molecule has 1 aromatic carbocycles. The molecule has 0 amide bonds. The molecule has 0 aliphatic carbocycles. The average molecular weight is 672 g/mol. The number of esters is 1. The monoisotopic (exact) mass is 671 g/mol. The third-order valence-electron chi connectivity index (χ3n) is 8.58. The zero-order chi connectivity index (χ0) is 34.5. The Morgan fingerprint density at radius 2 is 1.88 bits per heavy atom. The van der Waals surface area contributed by atoms with E-state index in [9.17, 15) is 4.79 Å². The first-order valence-corrected chi connectivity index (χ1v) is 17.6. The van der Waals surface area contributed by atoms with Gasteiger partial charge in [0.15, 0.2) is 11.8 Å². The molecule has 0 N–H and O–H groups in total. The van der Waals surface area contributed by atoms with E-state index < -0.39 is 17.7 Å². The van der Waals surface area contributed by atoms with E-state index in [0.29, 0.717) is 36.6 Å². The Bertz CT molecular complexity index is 1750. The molecule has 1 aliphatic heterocycles. The van der Waals surface area contributed by atoms with Gasteiger partial charge in [-0.25, -0.2) is 14.8 Å². The highest BCUT2D eigenvalue weighted by Crippen LogP contribution is 2.39. The van der Waals surface area contributed by atoms with Gasteiger partial charge in [-0.1, -0.05) is 36.4 Å². The molecule has 10 heteroatoms. The number of fused-ring (bicyclic) bond motifs is 1. The fourth-order valence-electron chi connectivity index (χ4n) is 6.15. The second-order valence-corrected chi connectivity index (χ2v) is 14.7. The molecule has 5 rings (SSSR count). The lowest BCUT2D eigenvalue weighted by atomic mass is 9.92. The number of allylic oxidation sites excluding steroid dienone is 1. The van der Waals surface area contributed by atoms with Gasteiger partial charge in [-0.3, -0.25) is 0 Å². The summed E-state index contributed by atoms with van der Waals surface area (Å²) < 4.78 is 20.0. The molecular weight excluding hydrogens is 623 g/mol. The van der Waals surface area contributed by atoms with Crippen LogP contribution in [0.2, 0.25) is 0 Å². The van der Waals surface area contributed by atoms with Crippen molar-refractivity contribution >= 4 is 28.8 Å². The summed E-state index contributed by atoms with van der Waals surface area (Å²) in [5.74, 6) is 0.337. The molecule has 3 aromatic heterocycles. The summed E-state index contributed by atoms with van der Waals surface area (Å²) in [6, 6.07) is 10.5. The van der Waals surface area contributed by atoms with E-state index in [2.05, 4.69) is 49.2 Å². The molecule has 48 heavy (non-hydrogen) atoms. The molecule has 4 aromatic rings. The van der Waals surface area contributed by atoms with Crippen molar-refractivity contribution in [1.29, 1.82) is 0 Å². The fraction of sp³-hybridized carbons (Fsp3) is 0.474. The summed E-state index contributed by atoms with van der Waals surface area (Å²) in [5.41, 5.74) is 4.51. The summed E-state index contributed by atoms with van der Waals surface area (Å²) >= 11 is 1.64. The number of carbonyl (C=O) groups is 1. The van der Waals surface area contributed by atoms with E-state index in [4.69, 9.17) is 29.3 Å². The molecule has 0 radical (unpaired) electrons. The second kappa shape index (κ2) is 15.1. The standard InChI is InChI=1S/C38H49N5O4S/c1-9-12-15-27-16-13-14-17-28(27)23-29-25-39-34(48-29)30-24-31-40-26(4)32(33(36(44)45-11-3)47-37(5,6)7)35(43(31)41-30)42-20-18-38(8,19-21-42)46-22-10-2/h9-10,13-14,16-17,24-25,33H,1-2,11-12,15,18-23H2,3-8H3/t33-/m0/s1. The Morgan fingerprint density at radius 1 is 1.15 bits per heavy atom. The molecule has 1 atom stereocenters. The highest BCUT2D eigenvalue weighted by molar-refractivity contribution is 7.15. The summed E-state index contributed by atoms with van der Waals surface area (Å²) in [6.07, 6.45) is 9.02. The Labute approximate surface area is 288 Å². The van der Waals surface area contributed by atoms with Crippen LogP contribution in [0.5, 0.6) is 0 Å². The summed E-state index contributed by atoms with van der Waals surface area (Å²) in [4.78, 5) is 26.8. The van der Waals surface area contributed by atoms with Crippen LogP contribution in [-0.2, 0) is 31.8 Å². The van der Waals surface area contributed by atoms with Gasteiger partial charge < -0.3 is 19.1 Å². The van der Waals surface area contributed by atoms with Gasteiger partial charge in [-0.15, -0.1) is 24.5 Å². The number of hydrogen-bond acceptors (Lipinski definition) is 9. The number of hydrogen-bond donors (Lipinski definition) is 0. The van der Waals surface area contributed by atoms with Crippen molar-refractivity contribution in [2.45, 2.75) is 91.0 Å². The number of nitrogens with zero attached hydrogens (tertiary/aromatic N) is 5. The molecule has 0 spiro atoms. The largest absolute Gasteiger partial charge is 0.464 e. The van der Waals surface area contributed by atoms with E-state index in [1.165, 1.54) is 11.1 Å². The Hall–Kier alpha value is -3.86. The van der Waals surface area contributed by atoms with Crippen molar-refractivity contribution in [3.8, 4) is 10.7 Å². The van der Waals surface area contributed by atoms with Crippen LogP contribution in [0.1, 0.15) is 87.2 Å². The van der Waals surface area contributed by atoms with Crippen LogP contribution in [0.15, 0.2) is 61.8 Å². The molecule has 0 saturated carbocycles. The maximum atomic E-state index is 13.6. The van der Waals surface area contributed by atoms with E-state index in [1.807, 2.05) is 50.5 Å². The van der Waals surface area contributed by atoms with Crippen molar-refractivity contribution in [3.05, 3.63) is 89.1 Å². The lowest BCUT2D eigenvalue weighted by molar-refractivity contribution is -0.166. The molecule has 4 heterocycles. The number of benzene rings is 1. The van der Waals surface area contributed by atoms with E-state index in [1.54, 1.807) is 24.3 Å². The van der Waals surface area contributed by atoms with Crippen LogP contribution >= 0.6 is 11.3 Å². The average Bonchev–Trinajstić information content (AvgIpc) is 3.69. The maximum Gasteiger partial charge on any atom is 0.340 e. The predicted octanol–water partition coefficient (Wildman–Crippen LogP) is 7.85. The predicted molar refractivity (Wildman–Crippen MR) is 193 cm³/mol. The van der Waals surface area contributed by atoms with Gasteiger partial charge in [0.2, 0.25) is 0 Å². The smallest absolute Gasteiger partial charge is 0.340 e. The highest BCUT2D eigenvalue weighted by atomic mass is 32.1. The van der Waals surface area contributed by atoms with Crippen molar-refractivity contribution in [2.24, 2.45) is 0 Å². The van der Waals surface area contributed by atoms with Crippen LogP contribution in [0.25, 0.3) is 16.3 Å². The van der Waals surface area contributed by atoms with Gasteiger partial charge >= 0.3 is 5.97 Å². The highest BCUT2D eigenvalue weighted by Gasteiger charge is 2.38. The fourth-order valence-corrected chi connectivity index (χ4v) is 7.04. The zero-order valence-electron chi connectivity index (χ0n) is 29.3. The van der Waals surface area contributed by atoms with E-state index in [0.717, 1.165) is 53.5 Å². The molecule has 256 valence electrons. The zero-order valence-corrected chi connectivity index (χ0v) is 30.1. The van der Waals surface area contributed by atoms with Crippen LogP contribution < -0.4 is 4.90 Å². The first kappa shape index (κ1) is 35.4. The third-order valence-corrected chi connectivity index (χ3v) is 9.60. The Balaban J connectivity index is 1.57. The van der Waals surface area contributed by atoms with Gasteiger partial charge in [0, 0.05) is 42.3 Å². The molecule has 1 saturated heterocycles. The van der Waals surface area contributed by atoms with Crippen molar-refractivity contribution in [1.82, 2.24) is 19.6 Å². The van der Waals surface area contributed by atoms with E-state index in [-0.39, 0.29) is 12.2 Å². The molecular formula is C38H49N5O4S. The maximum absolute atomic E-state index is 13.6. The minimum absolute atomic E-state index is 0.243. The minimum Gasteiger partial charge on any atom is -0.464 e. The van der Waals surface area contributed by atoms with Crippen LogP contribution in [0.3, 0.4) is 0 Å². The molecule has 0 unspecified atom stereocenters. The third kappa shape index (κ3) is 8.22. The van der Waals surface area contributed by atoms with Gasteiger partial charge in [0.1, 0.15) is 16.5 Å². The van der Waals surface area contributed by atoms with Crippen LogP contribution in [-0.4, -0.2) is 63.1 Å². The summed E-state index contributed by atoms with van der Waals surface area (Å²) in [5, 5.41) is 5.93. The second-order valence-electron chi connectivity index (χ2n) is 13.5. The topological polar surface area (TPSA) is 91.1 Å². The first-order chi connectivity index (χ1) is 22.9. The first-order valence-electron chi connectivity index (χ1n) is 16.8. The van der Waals surface area contributed by atoms with Gasteiger partial charge in [-0.05, 0) is 78.4 Å². The lowest BCUT2D eigenvalue weighted by Crippen LogP contribution is -2.45. The Kier molecular flexibility index (Phi) is 11.2. The molecule has 1 fully saturated rings. The number of aromatic nitrogens is 4. The molecule has 0 bridgehead atoms. The summed E-state index contributed by atoms with van der Waals surface area (Å²) in [6.45, 7) is 21.5. The van der Waals surface area contributed by atoms with Crippen LogP contribution in [0, 0.1) is 6.92 Å². The minimum atomic E-state index is -0.984. The Morgan fingerprint density at radius 3 is 2.54 bits per heavy atom. The number of thiazole rings is 1. The van der Waals surface area contributed by atoms with Gasteiger partial charge in [0.25, 0.3) is 0 Å².